The molecule has 0 bridgehead atoms. The lowest BCUT2D eigenvalue weighted by molar-refractivity contribution is 1.42. The van der Waals surface area contributed by atoms with E-state index in [1.165, 1.54) is 38.5 Å². The minimum atomic E-state index is 1.24. The Bertz CT molecular complexity index is 689. The van der Waals surface area contributed by atoms with Crippen LogP contribution in [0, 0.1) is 20.8 Å². The highest BCUT2D eigenvalue weighted by Gasteiger charge is 2.08. The normalized spacial score (nSPS) is 11.4. The van der Waals surface area contributed by atoms with Gasteiger partial charge in [0.1, 0.15) is 0 Å². The third-order valence-corrected chi connectivity index (χ3v) is 3.33. The van der Waals surface area contributed by atoms with E-state index in [-0.39, 0.29) is 0 Å². The first-order chi connectivity index (χ1) is 7.66. The van der Waals surface area contributed by atoms with Crippen molar-refractivity contribution < 1.29 is 0 Å². The molecule has 2 aromatic carbocycles. The molecule has 3 rings (SSSR count). The van der Waals surface area contributed by atoms with Crippen molar-refractivity contribution in [1.29, 1.82) is 0 Å². The van der Waals surface area contributed by atoms with Crippen LogP contribution in [0.15, 0.2) is 30.3 Å². The largest absolute Gasteiger partial charge is 0.354 e. The minimum Gasteiger partial charge on any atom is -0.354 e. The number of benzene rings is 2. The molecule has 1 aromatic heterocycles. The molecule has 0 aliphatic heterocycles. The topological polar surface area (TPSA) is 15.8 Å². The molecule has 0 aliphatic rings. The molecule has 0 radical (unpaired) electrons. The van der Waals surface area contributed by atoms with Gasteiger partial charge in [-0.25, -0.2) is 0 Å². The van der Waals surface area contributed by atoms with E-state index in [1.54, 1.807) is 0 Å². The maximum atomic E-state index is 3.53. The van der Waals surface area contributed by atoms with Crippen LogP contribution in [-0.4, -0.2) is 4.98 Å². The Kier molecular flexibility index (Phi) is 1.84. The Balaban J connectivity index is 2.60. The third kappa shape index (κ3) is 1.18. The molecule has 0 atom stereocenters. The standard InChI is InChI=1S/C15H15N/c1-9-4-7-12-13(8-9)16-15-11(3)6-5-10(2)14(12)15/h4-8,16H,1-3H3. The van der Waals surface area contributed by atoms with Crippen molar-refractivity contribution in [1.82, 2.24) is 4.98 Å². The van der Waals surface area contributed by atoms with Crippen LogP contribution in [0.4, 0.5) is 0 Å². The van der Waals surface area contributed by atoms with Crippen LogP contribution in [0.3, 0.4) is 0 Å². The van der Waals surface area contributed by atoms with Gasteiger partial charge in [-0.1, -0.05) is 24.3 Å². The van der Waals surface area contributed by atoms with Gasteiger partial charge in [-0.05, 0) is 43.5 Å². The molecule has 0 spiro atoms. The quantitative estimate of drug-likeness (QED) is 0.569. The molecular formula is C15H15N. The second-order valence-electron chi connectivity index (χ2n) is 4.62. The van der Waals surface area contributed by atoms with Gasteiger partial charge in [-0.2, -0.15) is 0 Å². The average Bonchev–Trinajstić information content (AvgIpc) is 2.63. The van der Waals surface area contributed by atoms with Gasteiger partial charge < -0.3 is 4.98 Å². The van der Waals surface area contributed by atoms with Crippen molar-refractivity contribution in [3.63, 3.8) is 0 Å². The van der Waals surface area contributed by atoms with E-state index in [0.29, 0.717) is 0 Å². The fourth-order valence-corrected chi connectivity index (χ4v) is 2.43. The van der Waals surface area contributed by atoms with Gasteiger partial charge in [0, 0.05) is 21.8 Å². The molecule has 0 saturated heterocycles. The summed E-state index contributed by atoms with van der Waals surface area (Å²) in [6.45, 7) is 6.46. The summed E-state index contributed by atoms with van der Waals surface area (Å²) >= 11 is 0. The van der Waals surface area contributed by atoms with Gasteiger partial charge in [-0.15, -0.1) is 0 Å². The Morgan fingerprint density at radius 2 is 1.62 bits per heavy atom. The number of fused-ring (bicyclic) bond motifs is 3. The first-order valence-corrected chi connectivity index (χ1v) is 5.65. The number of nitrogens with one attached hydrogen (secondary N) is 1. The summed E-state index contributed by atoms with van der Waals surface area (Å²) in [7, 11) is 0. The van der Waals surface area contributed by atoms with E-state index in [0.717, 1.165) is 0 Å². The fourth-order valence-electron chi connectivity index (χ4n) is 2.43. The van der Waals surface area contributed by atoms with Gasteiger partial charge in [0.25, 0.3) is 0 Å². The highest BCUT2D eigenvalue weighted by Crippen LogP contribution is 2.30. The maximum Gasteiger partial charge on any atom is 0.0497 e. The third-order valence-electron chi connectivity index (χ3n) is 3.33. The van der Waals surface area contributed by atoms with Crippen LogP contribution in [-0.2, 0) is 0 Å². The van der Waals surface area contributed by atoms with E-state index in [2.05, 4.69) is 56.1 Å². The van der Waals surface area contributed by atoms with Crippen LogP contribution in [0.5, 0.6) is 0 Å². The molecule has 3 aromatic rings. The lowest BCUT2D eigenvalue weighted by atomic mass is 10.0. The Labute approximate surface area is 95.1 Å². The number of rotatable bonds is 0. The van der Waals surface area contributed by atoms with E-state index in [9.17, 15) is 0 Å². The highest BCUT2D eigenvalue weighted by atomic mass is 14.7. The van der Waals surface area contributed by atoms with Crippen LogP contribution in [0.2, 0.25) is 0 Å². The predicted molar refractivity (Wildman–Crippen MR) is 70.0 cm³/mol. The summed E-state index contributed by atoms with van der Waals surface area (Å²) in [5, 5.41) is 2.71. The number of aryl methyl sites for hydroxylation is 3. The SMILES string of the molecule is Cc1ccc2c(c1)[nH]c1c(C)ccc(C)c12. The molecule has 1 N–H and O–H groups in total. The Morgan fingerprint density at radius 1 is 0.875 bits per heavy atom. The number of aromatic amines is 1. The van der Waals surface area contributed by atoms with Gasteiger partial charge in [-0.3, -0.25) is 0 Å². The minimum absolute atomic E-state index is 1.24. The van der Waals surface area contributed by atoms with Crippen molar-refractivity contribution >= 4 is 21.8 Å². The lowest BCUT2D eigenvalue weighted by Crippen LogP contribution is -1.79. The van der Waals surface area contributed by atoms with Crippen molar-refractivity contribution in [3.05, 3.63) is 47.0 Å². The van der Waals surface area contributed by atoms with Crippen molar-refractivity contribution in [2.24, 2.45) is 0 Å². The molecule has 0 fully saturated rings. The summed E-state index contributed by atoms with van der Waals surface area (Å²) < 4.78 is 0. The molecular weight excluding hydrogens is 194 g/mol. The second kappa shape index (κ2) is 3.11. The molecule has 16 heavy (non-hydrogen) atoms. The number of H-pyrrole nitrogens is 1. The Morgan fingerprint density at radius 3 is 2.44 bits per heavy atom. The van der Waals surface area contributed by atoms with Crippen LogP contribution < -0.4 is 0 Å². The van der Waals surface area contributed by atoms with Gasteiger partial charge >= 0.3 is 0 Å². The molecule has 0 unspecified atom stereocenters. The van der Waals surface area contributed by atoms with Gasteiger partial charge in [0.05, 0.1) is 0 Å². The van der Waals surface area contributed by atoms with Crippen molar-refractivity contribution in [3.8, 4) is 0 Å². The summed E-state index contributed by atoms with van der Waals surface area (Å²) in [5.74, 6) is 0. The van der Waals surface area contributed by atoms with Crippen LogP contribution >= 0.6 is 0 Å². The van der Waals surface area contributed by atoms with Crippen LogP contribution in [0.1, 0.15) is 16.7 Å². The van der Waals surface area contributed by atoms with E-state index >= 15 is 0 Å². The molecule has 80 valence electrons. The summed E-state index contributed by atoms with van der Waals surface area (Å²) in [5.41, 5.74) is 6.48. The maximum absolute atomic E-state index is 3.53. The smallest absolute Gasteiger partial charge is 0.0497 e. The molecule has 1 heterocycles. The zero-order chi connectivity index (χ0) is 11.3. The fraction of sp³-hybridized carbons (Fsp3) is 0.200. The zero-order valence-electron chi connectivity index (χ0n) is 9.89. The molecule has 0 saturated carbocycles. The summed E-state index contributed by atoms with van der Waals surface area (Å²) in [4.78, 5) is 3.53. The number of hydrogen-bond donors (Lipinski definition) is 1. The summed E-state index contributed by atoms with van der Waals surface area (Å²) in [6, 6.07) is 11.0. The van der Waals surface area contributed by atoms with E-state index in [1.807, 2.05) is 0 Å². The van der Waals surface area contributed by atoms with Gasteiger partial charge in [0.15, 0.2) is 0 Å². The molecule has 0 aliphatic carbocycles. The monoisotopic (exact) mass is 209 g/mol. The molecule has 1 heteroatoms. The predicted octanol–water partition coefficient (Wildman–Crippen LogP) is 4.25. The molecule has 1 nitrogen and oxygen atoms in total. The van der Waals surface area contributed by atoms with Crippen molar-refractivity contribution in [2.75, 3.05) is 0 Å². The highest BCUT2D eigenvalue weighted by molar-refractivity contribution is 6.09. The van der Waals surface area contributed by atoms with E-state index in [4.69, 9.17) is 0 Å². The number of hydrogen-bond acceptors (Lipinski definition) is 0. The van der Waals surface area contributed by atoms with E-state index < -0.39 is 0 Å². The zero-order valence-corrected chi connectivity index (χ0v) is 9.89. The Hall–Kier alpha value is -1.76. The van der Waals surface area contributed by atoms with Crippen molar-refractivity contribution in [2.45, 2.75) is 20.8 Å². The number of aromatic nitrogens is 1. The van der Waals surface area contributed by atoms with Gasteiger partial charge in [0.2, 0.25) is 0 Å². The summed E-state index contributed by atoms with van der Waals surface area (Å²) in [6.07, 6.45) is 0. The first kappa shape index (κ1) is 9.46. The first-order valence-electron chi connectivity index (χ1n) is 5.65. The molecule has 0 amide bonds. The van der Waals surface area contributed by atoms with Crippen LogP contribution in [0.25, 0.3) is 21.8 Å². The average molecular weight is 209 g/mol. The second-order valence-corrected chi connectivity index (χ2v) is 4.62. The lowest BCUT2D eigenvalue weighted by Gasteiger charge is -1.99.